The van der Waals surface area contributed by atoms with Crippen LogP contribution in [0.4, 0.5) is 0 Å². The zero-order chi connectivity index (χ0) is 21.0. The summed E-state index contributed by atoms with van der Waals surface area (Å²) >= 11 is 2.86. The number of nitrogens with one attached hydrogen (secondary N) is 1. The van der Waals surface area contributed by atoms with Gasteiger partial charge in [-0.15, -0.1) is 11.3 Å². The molecule has 0 bridgehead atoms. The molecular formula is C22H27N3O2S2. The Labute approximate surface area is 179 Å². The Kier molecular flexibility index (Phi) is 7.14. The SMILES string of the molecule is CCn1c(SCC(=O)NC(C)CCc2ccccc2)nc2sc(C)c(C)c2c1=O. The number of rotatable bonds is 8. The van der Waals surface area contributed by atoms with E-state index < -0.39 is 0 Å². The number of thioether (sulfide) groups is 1. The molecule has 29 heavy (non-hydrogen) atoms. The molecule has 0 saturated heterocycles. The van der Waals surface area contributed by atoms with Crippen LogP contribution in [0, 0.1) is 13.8 Å². The lowest BCUT2D eigenvalue weighted by Crippen LogP contribution is -2.34. The minimum absolute atomic E-state index is 0.0153. The number of benzene rings is 1. The van der Waals surface area contributed by atoms with Gasteiger partial charge in [-0.05, 0) is 51.7 Å². The van der Waals surface area contributed by atoms with Crippen LogP contribution in [0.5, 0.6) is 0 Å². The average Bonchev–Trinajstić information content (AvgIpc) is 2.99. The van der Waals surface area contributed by atoms with Crippen LogP contribution in [-0.4, -0.2) is 27.3 Å². The molecule has 0 spiro atoms. The van der Waals surface area contributed by atoms with Gasteiger partial charge in [-0.2, -0.15) is 0 Å². The Morgan fingerprint density at radius 3 is 2.69 bits per heavy atom. The van der Waals surface area contributed by atoms with E-state index in [1.54, 1.807) is 4.57 Å². The predicted molar refractivity (Wildman–Crippen MR) is 122 cm³/mol. The van der Waals surface area contributed by atoms with Crippen molar-refractivity contribution in [1.82, 2.24) is 14.9 Å². The van der Waals surface area contributed by atoms with Gasteiger partial charge in [0.15, 0.2) is 5.16 Å². The lowest BCUT2D eigenvalue weighted by atomic mass is 10.1. The third kappa shape index (κ3) is 5.08. The van der Waals surface area contributed by atoms with Gasteiger partial charge in [0.05, 0.1) is 11.1 Å². The van der Waals surface area contributed by atoms with Crippen molar-refractivity contribution in [3.63, 3.8) is 0 Å². The largest absolute Gasteiger partial charge is 0.353 e. The highest BCUT2D eigenvalue weighted by atomic mass is 32.2. The van der Waals surface area contributed by atoms with Gasteiger partial charge in [0, 0.05) is 17.5 Å². The van der Waals surface area contributed by atoms with E-state index in [2.05, 4.69) is 22.4 Å². The average molecular weight is 430 g/mol. The molecule has 2 heterocycles. The van der Waals surface area contributed by atoms with Crippen LogP contribution in [0.25, 0.3) is 10.2 Å². The molecule has 5 nitrogen and oxygen atoms in total. The first-order valence-electron chi connectivity index (χ1n) is 9.87. The molecule has 1 unspecified atom stereocenters. The van der Waals surface area contributed by atoms with E-state index in [1.807, 2.05) is 45.9 Å². The van der Waals surface area contributed by atoms with Gasteiger partial charge in [-0.3, -0.25) is 14.2 Å². The maximum atomic E-state index is 12.9. The molecule has 2 aromatic heterocycles. The van der Waals surface area contributed by atoms with Crippen LogP contribution in [0.15, 0.2) is 40.3 Å². The number of thiophene rings is 1. The second-order valence-electron chi connectivity index (χ2n) is 7.19. The van der Waals surface area contributed by atoms with Crippen LogP contribution in [0.2, 0.25) is 0 Å². The minimum atomic E-state index is -0.0360. The molecule has 0 aliphatic rings. The molecule has 0 fully saturated rings. The molecule has 0 saturated carbocycles. The fourth-order valence-corrected chi connectivity index (χ4v) is 5.19. The van der Waals surface area contributed by atoms with Crippen molar-refractivity contribution in [2.75, 3.05) is 5.75 Å². The molecule has 0 radical (unpaired) electrons. The number of aromatic nitrogens is 2. The highest BCUT2D eigenvalue weighted by Gasteiger charge is 2.17. The highest BCUT2D eigenvalue weighted by molar-refractivity contribution is 7.99. The van der Waals surface area contributed by atoms with E-state index in [0.717, 1.165) is 28.1 Å². The van der Waals surface area contributed by atoms with E-state index in [4.69, 9.17) is 0 Å². The van der Waals surface area contributed by atoms with E-state index in [0.29, 0.717) is 17.1 Å². The number of carbonyl (C=O) groups excluding carboxylic acids is 1. The van der Waals surface area contributed by atoms with Gasteiger partial charge in [-0.25, -0.2) is 4.98 Å². The lowest BCUT2D eigenvalue weighted by molar-refractivity contribution is -0.119. The smallest absolute Gasteiger partial charge is 0.263 e. The number of amides is 1. The first-order chi connectivity index (χ1) is 13.9. The van der Waals surface area contributed by atoms with Gasteiger partial charge in [0.1, 0.15) is 4.83 Å². The van der Waals surface area contributed by atoms with E-state index in [9.17, 15) is 9.59 Å². The number of hydrogen-bond acceptors (Lipinski definition) is 5. The molecule has 1 atom stereocenters. The number of fused-ring (bicyclic) bond motifs is 1. The second kappa shape index (κ2) is 9.59. The van der Waals surface area contributed by atoms with Crippen molar-refractivity contribution < 1.29 is 4.79 Å². The van der Waals surface area contributed by atoms with E-state index >= 15 is 0 Å². The molecule has 0 aliphatic heterocycles. The monoisotopic (exact) mass is 429 g/mol. The molecule has 7 heteroatoms. The molecule has 1 N–H and O–H groups in total. The minimum Gasteiger partial charge on any atom is -0.353 e. The van der Waals surface area contributed by atoms with Crippen molar-refractivity contribution >= 4 is 39.2 Å². The maximum Gasteiger partial charge on any atom is 0.263 e. The summed E-state index contributed by atoms with van der Waals surface area (Å²) in [6.45, 7) is 8.46. The summed E-state index contributed by atoms with van der Waals surface area (Å²) < 4.78 is 1.66. The number of nitrogens with zero attached hydrogens (tertiary/aromatic N) is 2. The Bertz CT molecular complexity index is 1060. The highest BCUT2D eigenvalue weighted by Crippen LogP contribution is 2.28. The number of carbonyl (C=O) groups is 1. The van der Waals surface area contributed by atoms with Gasteiger partial charge in [0.25, 0.3) is 5.56 Å². The topological polar surface area (TPSA) is 64.0 Å². The van der Waals surface area contributed by atoms with Crippen molar-refractivity contribution in [2.45, 2.75) is 58.3 Å². The number of hydrogen-bond donors (Lipinski definition) is 1. The van der Waals surface area contributed by atoms with Crippen molar-refractivity contribution in [2.24, 2.45) is 0 Å². The summed E-state index contributed by atoms with van der Waals surface area (Å²) in [7, 11) is 0. The standard InChI is InChI=1S/C22H27N3O2S2/c1-5-25-21(27)19-15(3)16(4)29-20(19)24-22(25)28-13-18(26)23-14(2)11-12-17-9-7-6-8-10-17/h6-10,14H,5,11-13H2,1-4H3,(H,23,26). The summed E-state index contributed by atoms with van der Waals surface area (Å²) in [5, 5.41) is 4.37. The van der Waals surface area contributed by atoms with Crippen LogP contribution in [0.3, 0.4) is 0 Å². The van der Waals surface area contributed by atoms with Crippen molar-refractivity contribution in [3.05, 3.63) is 56.7 Å². The van der Waals surface area contributed by atoms with E-state index in [1.165, 1.54) is 28.7 Å². The fourth-order valence-electron chi connectivity index (χ4n) is 3.24. The van der Waals surface area contributed by atoms with Crippen LogP contribution in [0.1, 0.15) is 36.3 Å². The molecule has 1 amide bonds. The van der Waals surface area contributed by atoms with Gasteiger partial charge in [-0.1, -0.05) is 42.1 Å². The third-order valence-electron chi connectivity index (χ3n) is 5.02. The summed E-state index contributed by atoms with van der Waals surface area (Å²) in [5.41, 5.74) is 2.26. The van der Waals surface area contributed by atoms with Gasteiger partial charge >= 0.3 is 0 Å². The molecular weight excluding hydrogens is 402 g/mol. The summed E-state index contributed by atoms with van der Waals surface area (Å²) in [6, 6.07) is 10.4. The first-order valence-corrected chi connectivity index (χ1v) is 11.7. The van der Waals surface area contributed by atoms with Gasteiger partial charge in [0.2, 0.25) is 5.91 Å². The molecule has 3 rings (SSSR count). The first kappa shape index (κ1) is 21.6. The maximum absolute atomic E-state index is 12.9. The lowest BCUT2D eigenvalue weighted by Gasteiger charge is -2.14. The quantitative estimate of drug-likeness (QED) is 0.428. The Hall–Kier alpha value is -2.12. The Morgan fingerprint density at radius 2 is 2.00 bits per heavy atom. The molecule has 1 aromatic carbocycles. The predicted octanol–water partition coefficient (Wildman–Crippen LogP) is 4.32. The van der Waals surface area contributed by atoms with Crippen LogP contribution >= 0.6 is 23.1 Å². The summed E-state index contributed by atoms with van der Waals surface area (Å²) in [5.74, 6) is 0.211. The van der Waals surface area contributed by atoms with Crippen molar-refractivity contribution in [1.29, 1.82) is 0 Å². The molecule has 0 aliphatic carbocycles. The Balaban J connectivity index is 1.62. The number of aryl methyl sites for hydroxylation is 3. The van der Waals surface area contributed by atoms with Crippen LogP contribution in [-0.2, 0) is 17.8 Å². The summed E-state index contributed by atoms with van der Waals surface area (Å²) in [4.78, 5) is 31.8. The van der Waals surface area contributed by atoms with Gasteiger partial charge < -0.3 is 5.32 Å². The Morgan fingerprint density at radius 1 is 1.28 bits per heavy atom. The van der Waals surface area contributed by atoms with Crippen molar-refractivity contribution in [3.8, 4) is 0 Å². The van der Waals surface area contributed by atoms with Crippen LogP contribution < -0.4 is 10.9 Å². The molecule has 3 aromatic rings. The van der Waals surface area contributed by atoms with E-state index in [-0.39, 0.29) is 23.3 Å². The zero-order valence-corrected chi connectivity index (χ0v) is 19.0. The molecule has 154 valence electrons. The third-order valence-corrected chi connectivity index (χ3v) is 7.10. The summed E-state index contributed by atoms with van der Waals surface area (Å²) in [6.07, 6.45) is 1.82. The second-order valence-corrected chi connectivity index (χ2v) is 9.33. The fraction of sp³-hybridized carbons (Fsp3) is 0.409. The normalized spacial score (nSPS) is 12.3. The zero-order valence-electron chi connectivity index (χ0n) is 17.3.